The van der Waals surface area contributed by atoms with Crippen LogP contribution >= 0.6 is 0 Å². The number of imidazole rings is 1. The van der Waals surface area contributed by atoms with Crippen LogP contribution in [-0.4, -0.2) is 22.1 Å². The summed E-state index contributed by atoms with van der Waals surface area (Å²) < 4.78 is 34.2. The Balaban J connectivity index is 1.75. The summed E-state index contributed by atoms with van der Waals surface area (Å²) in [4.78, 5) is 16.5. The van der Waals surface area contributed by atoms with Gasteiger partial charge in [-0.15, -0.1) is 0 Å². The molecule has 0 bridgehead atoms. The molecule has 0 spiro atoms. The van der Waals surface area contributed by atoms with E-state index in [-0.39, 0.29) is 6.61 Å². The topological polar surface area (TPSA) is 56.2 Å². The van der Waals surface area contributed by atoms with Gasteiger partial charge in [-0.3, -0.25) is 4.79 Å². The molecule has 0 aliphatic carbocycles. The van der Waals surface area contributed by atoms with Gasteiger partial charge in [-0.2, -0.15) is 0 Å². The number of ether oxygens (including phenoxy) is 1. The molecule has 3 aromatic rings. The lowest BCUT2D eigenvalue weighted by Crippen LogP contribution is -2.35. The molecule has 1 amide bonds. The van der Waals surface area contributed by atoms with Crippen molar-refractivity contribution in [2.45, 2.75) is 6.04 Å². The number of rotatable bonds is 6. The fourth-order valence-electron chi connectivity index (χ4n) is 2.53. The number of carbonyl (C=O) groups excluding carboxylic acids is 1. The van der Waals surface area contributed by atoms with Crippen LogP contribution in [0.4, 0.5) is 8.78 Å². The van der Waals surface area contributed by atoms with Crippen molar-refractivity contribution in [3.8, 4) is 5.75 Å². The Morgan fingerprint density at radius 1 is 1.19 bits per heavy atom. The predicted molar refractivity (Wildman–Crippen MR) is 91.5 cm³/mol. The first kappa shape index (κ1) is 17.6. The number of hydrogen-bond donors (Lipinski definition) is 1. The fourth-order valence-corrected chi connectivity index (χ4v) is 2.53. The molecule has 5 nitrogen and oxygen atoms in total. The zero-order valence-electron chi connectivity index (χ0n) is 14.0. The Kier molecular flexibility index (Phi) is 5.26. The van der Waals surface area contributed by atoms with Crippen LogP contribution in [-0.2, 0) is 11.8 Å². The van der Waals surface area contributed by atoms with Gasteiger partial charge in [0.1, 0.15) is 29.3 Å². The van der Waals surface area contributed by atoms with Gasteiger partial charge in [-0.05, 0) is 30.3 Å². The van der Waals surface area contributed by atoms with Crippen LogP contribution in [0.5, 0.6) is 5.75 Å². The van der Waals surface area contributed by atoms with Gasteiger partial charge in [-0.25, -0.2) is 13.8 Å². The fraction of sp³-hybridized carbons (Fsp3) is 0.158. The Morgan fingerprint density at radius 2 is 1.92 bits per heavy atom. The number of amides is 1. The van der Waals surface area contributed by atoms with Crippen LogP contribution in [0.25, 0.3) is 0 Å². The number of carbonyl (C=O) groups is 1. The quantitative estimate of drug-likeness (QED) is 0.738. The highest BCUT2D eigenvalue weighted by Crippen LogP contribution is 2.23. The predicted octanol–water partition coefficient (Wildman–Crippen LogP) is 2.98. The highest BCUT2D eigenvalue weighted by molar-refractivity contribution is 5.78. The molecule has 0 radical (unpaired) electrons. The molecule has 0 saturated heterocycles. The molecule has 2 aromatic carbocycles. The lowest BCUT2D eigenvalue weighted by Gasteiger charge is -2.19. The van der Waals surface area contributed by atoms with Crippen molar-refractivity contribution in [1.29, 1.82) is 0 Å². The molecule has 1 aromatic heterocycles. The monoisotopic (exact) mass is 357 g/mol. The van der Waals surface area contributed by atoms with Crippen LogP contribution in [0, 0.1) is 11.6 Å². The van der Waals surface area contributed by atoms with Crippen molar-refractivity contribution < 1.29 is 18.3 Å². The second kappa shape index (κ2) is 7.77. The molecule has 0 saturated carbocycles. The van der Waals surface area contributed by atoms with E-state index in [9.17, 15) is 13.6 Å². The molecule has 3 rings (SSSR count). The van der Waals surface area contributed by atoms with Gasteiger partial charge >= 0.3 is 0 Å². The first-order valence-corrected chi connectivity index (χ1v) is 7.94. The first-order chi connectivity index (χ1) is 12.5. The van der Waals surface area contributed by atoms with E-state index in [1.165, 1.54) is 30.3 Å². The van der Waals surface area contributed by atoms with Crippen LogP contribution in [0.15, 0.2) is 60.9 Å². The summed E-state index contributed by atoms with van der Waals surface area (Å²) in [7, 11) is 1.76. The van der Waals surface area contributed by atoms with Crippen LogP contribution < -0.4 is 10.1 Å². The second-order valence-electron chi connectivity index (χ2n) is 5.66. The van der Waals surface area contributed by atoms with Gasteiger partial charge in [0.2, 0.25) is 0 Å². The number of nitrogens with zero attached hydrogens (tertiary/aromatic N) is 2. The summed E-state index contributed by atoms with van der Waals surface area (Å²) in [6, 6.07) is 10.8. The smallest absolute Gasteiger partial charge is 0.258 e. The molecule has 1 heterocycles. The lowest BCUT2D eigenvalue weighted by molar-refractivity contribution is -0.123. The number of nitrogens with one attached hydrogen (secondary N) is 1. The Hall–Kier alpha value is -3.22. The maximum atomic E-state index is 14.2. The van der Waals surface area contributed by atoms with Gasteiger partial charge in [0.15, 0.2) is 6.61 Å². The molecule has 26 heavy (non-hydrogen) atoms. The average molecular weight is 357 g/mol. The molecule has 1 unspecified atom stereocenters. The summed E-state index contributed by atoms with van der Waals surface area (Å²) in [5.74, 6) is -0.437. The third-order valence-corrected chi connectivity index (χ3v) is 3.82. The number of benzene rings is 2. The standard InChI is InChI=1S/C19H17F2N3O2/c1-24-11-10-22-19(24)18(15-4-2-3-5-16(15)21)23-17(25)12-26-14-8-6-13(20)7-9-14/h2-11,18H,12H2,1H3,(H,23,25). The molecular formula is C19H17F2N3O2. The minimum atomic E-state index is -0.763. The molecule has 0 aliphatic rings. The molecule has 134 valence electrons. The third kappa shape index (κ3) is 4.05. The maximum Gasteiger partial charge on any atom is 0.258 e. The van der Waals surface area contributed by atoms with E-state index in [1.54, 1.807) is 42.2 Å². The highest BCUT2D eigenvalue weighted by atomic mass is 19.1. The SMILES string of the molecule is Cn1ccnc1C(NC(=O)COc1ccc(F)cc1)c1ccccc1F. The van der Waals surface area contributed by atoms with E-state index < -0.39 is 23.6 Å². The minimum absolute atomic E-state index is 0.291. The Bertz CT molecular complexity index is 894. The Labute approximate surface area is 149 Å². The number of aromatic nitrogens is 2. The molecule has 1 N–H and O–H groups in total. The minimum Gasteiger partial charge on any atom is -0.484 e. The molecule has 7 heteroatoms. The van der Waals surface area contributed by atoms with Crippen molar-refractivity contribution in [2.75, 3.05) is 6.61 Å². The molecule has 1 atom stereocenters. The number of hydrogen-bond acceptors (Lipinski definition) is 3. The van der Waals surface area contributed by atoms with Crippen molar-refractivity contribution in [3.63, 3.8) is 0 Å². The lowest BCUT2D eigenvalue weighted by atomic mass is 10.1. The largest absolute Gasteiger partial charge is 0.484 e. The summed E-state index contributed by atoms with van der Waals surface area (Å²) >= 11 is 0. The van der Waals surface area contributed by atoms with Gasteiger partial charge in [0, 0.05) is 25.0 Å². The first-order valence-electron chi connectivity index (χ1n) is 7.94. The zero-order chi connectivity index (χ0) is 18.5. The number of aryl methyl sites for hydroxylation is 1. The van der Waals surface area contributed by atoms with Gasteiger partial charge < -0.3 is 14.6 Å². The summed E-state index contributed by atoms with van der Waals surface area (Å²) in [5, 5.41) is 2.74. The summed E-state index contributed by atoms with van der Waals surface area (Å²) in [5.41, 5.74) is 0.303. The molecular weight excluding hydrogens is 340 g/mol. The second-order valence-corrected chi connectivity index (χ2v) is 5.66. The Morgan fingerprint density at radius 3 is 2.58 bits per heavy atom. The van der Waals surface area contributed by atoms with Gasteiger partial charge in [-0.1, -0.05) is 18.2 Å². The normalized spacial score (nSPS) is 11.8. The number of halogens is 2. The zero-order valence-corrected chi connectivity index (χ0v) is 14.0. The van der Waals surface area contributed by atoms with Gasteiger partial charge in [0.05, 0.1) is 0 Å². The molecule has 0 aliphatic heterocycles. The van der Waals surface area contributed by atoms with E-state index in [1.807, 2.05) is 0 Å². The van der Waals surface area contributed by atoms with E-state index in [0.29, 0.717) is 17.1 Å². The molecule has 0 fully saturated rings. The van der Waals surface area contributed by atoms with E-state index in [4.69, 9.17) is 4.74 Å². The van der Waals surface area contributed by atoms with E-state index in [2.05, 4.69) is 10.3 Å². The third-order valence-electron chi connectivity index (χ3n) is 3.82. The van der Waals surface area contributed by atoms with Crippen LogP contribution in [0.3, 0.4) is 0 Å². The van der Waals surface area contributed by atoms with Crippen LogP contribution in [0.2, 0.25) is 0 Å². The summed E-state index contributed by atoms with van der Waals surface area (Å²) in [6.07, 6.45) is 3.29. The summed E-state index contributed by atoms with van der Waals surface area (Å²) in [6.45, 7) is -0.291. The highest BCUT2D eigenvalue weighted by Gasteiger charge is 2.23. The average Bonchev–Trinajstić information content (AvgIpc) is 3.06. The maximum absolute atomic E-state index is 14.2. The van der Waals surface area contributed by atoms with Crippen molar-refractivity contribution in [2.24, 2.45) is 7.05 Å². The van der Waals surface area contributed by atoms with Crippen molar-refractivity contribution >= 4 is 5.91 Å². The van der Waals surface area contributed by atoms with Gasteiger partial charge in [0.25, 0.3) is 5.91 Å². The van der Waals surface area contributed by atoms with Crippen LogP contribution in [0.1, 0.15) is 17.4 Å². The van der Waals surface area contributed by atoms with Crippen molar-refractivity contribution in [3.05, 3.63) is 83.9 Å². The van der Waals surface area contributed by atoms with E-state index in [0.717, 1.165) is 0 Å². The van der Waals surface area contributed by atoms with Crippen molar-refractivity contribution in [1.82, 2.24) is 14.9 Å². The van der Waals surface area contributed by atoms with E-state index >= 15 is 0 Å².